The fraction of sp³-hybridized carbons (Fsp3) is 0.412. The van der Waals surface area contributed by atoms with Crippen LogP contribution in [0.3, 0.4) is 0 Å². The van der Waals surface area contributed by atoms with Gasteiger partial charge in [-0.3, -0.25) is 9.59 Å². The highest BCUT2D eigenvalue weighted by Crippen LogP contribution is 2.11. The molecule has 7 nitrogen and oxygen atoms in total. The first kappa shape index (κ1) is 19.1. The average molecular weight is 366 g/mol. The molecule has 0 unspecified atom stereocenters. The normalized spacial score (nSPS) is 16.1. The first-order chi connectivity index (χ1) is 11.9. The van der Waals surface area contributed by atoms with E-state index < -0.39 is 16.0 Å². The van der Waals surface area contributed by atoms with E-state index in [1.165, 1.54) is 14.6 Å². The third-order valence-electron chi connectivity index (χ3n) is 3.83. The largest absolute Gasteiger partial charge is 0.456 e. The van der Waals surface area contributed by atoms with Crippen molar-refractivity contribution in [2.24, 2.45) is 0 Å². The summed E-state index contributed by atoms with van der Waals surface area (Å²) in [7, 11) is -3.53. The molecule has 0 radical (unpaired) electrons. The predicted octanol–water partition coefficient (Wildman–Crippen LogP) is 1.08. The summed E-state index contributed by atoms with van der Waals surface area (Å²) in [5.41, 5.74) is 0.803. The molecule has 2 rings (SSSR count). The molecule has 1 fully saturated rings. The highest BCUT2D eigenvalue weighted by atomic mass is 32.2. The molecule has 0 aromatic heterocycles. The molecular weight excluding hydrogens is 344 g/mol. The molecule has 0 bridgehead atoms. The number of esters is 1. The number of sulfonamides is 1. The molecule has 0 saturated carbocycles. The van der Waals surface area contributed by atoms with Crippen LogP contribution in [0, 0.1) is 0 Å². The minimum Gasteiger partial charge on any atom is -0.456 e. The number of ether oxygens (including phenoxy) is 1. The number of hydrogen-bond donors (Lipinski definition) is 0. The number of carbonyl (C=O) groups excluding carboxylic acids is 2. The fourth-order valence-corrected chi connectivity index (χ4v) is 3.52. The van der Waals surface area contributed by atoms with Gasteiger partial charge in [0.1, 0.15) is 0 Å². The quantitative estimate of drug-likeness (QED) is 0.704. The molecule has 0 N–H and O–H groups in total. The van der Waals surface area contributed by atoms with Crippen LogP contribution in [0.4, 0.5) is 0 Å². The summed E-state index contributed by atoms with van der Waals surface area (Å²) in [4.78, 5) is 24.5. The van der Waals surface area contributed by atoms with Crippen molar-refractivity contribution in [3.05, 3.63) is 41.3 Å². The van der Waals surface area contributed by atoms with Crippen LogP contribution in [0.1, 0.15) is 18.9 Å². The van der Waals surface area contributed by atoms with Gasteiger partial charge in [-0.2, -0.15) is 4.31 Å². The molecule has 0 aliphatic carbocycles. The van der Waals surface area contributed by atoms with Gasteiger partial charge in [-0.1, -0.05) is 37.3 Å². The Bertz CT molecular complexity index is 723. The first-order valence-electron chi connectivity index (χ1n) is 8.09. The molecule has 1 saturated heterocycles. The van der Waals surface area contributed by atoms with Crippen LogP contribution in [-0.4, -0.2) is 62.3 Å². The van der Waals surface area contributed by atoms with Crippen LogP contribution < -0.4 is 0 Å². The van der Waals surface area contributed by atoms with Crippen LogP contribution in [0.2, 0.25) is 0 Å². The Morgan fingerprint density at radius 2 is 1.76 bits per heavy atom. The number of hydrogen-bond acceptors (Lipinski definition) is 5. The van der Waals surface area contributed by atoms with E-state index in [0.29, 0.717) is 0 Å². The lowest BCUT2D eigenvalue weighted by Crippen LogP contribution is -2.51. The van der Waals surface area contributed by atoms with Crippen LogP contribution >= 0.6 is 0 Å². The third kappa shape index (κ3) is 5.68. The topological polar surface area (TPSA) is 84.0 Å². The maximum absolute atomic E-state index is 12.4. The van der Waals surface area contributed by atoms with E-state index in [-0.39, 0.29) is 45.1 Å². The van der Waals surface area contributed by atoms with Crippen LogP contribution in [0.25, 0.3) is 6.08 Å². The van der Waals surface area contributed by atoms with Crippen molar-refractivity contribution >= 4 is 28.0 Å². The first-order valence-corrected chi connectivity index (χ1v) is 9.59. The Balaban J connectivity index is 1.87. The smallest absolute Gasteiger partial charge is 0.306 e. The molecule has 1 amide bonds. The third-order valence-corrected chi connectivity index (χ3v) is 5.39. The summed E-state index contributed by atoms with van der Waals surface area (Å²) in [6.45, 7) is 2.35. The molecule has 8 heteroatoms. The van der Waals surface area contributed by atoms with E-state index >= 15 is 0 Å². The average Bonchev–Trinajstić information content (AvgIpc) is 2.65. The second-order valence-electron chi connectivity index (χ2n) is 5.55. The Kier molecular flexibility index (Phi) is 6.72. The number of benzene rings is 1. The summed E-state index contributed by atoms with van der Waals surface area (Å²) in [5.74, 6) is -0.737. The van der Waals surface area contributed by atoms with Crippen molar-refractivity contribution in [2.75, 3.05) is 32.8 Å². The lowest BCUT2D eigenvalue weighted by atomic mass is 10.2. The monoisotopic (exact) mass is 366 g/mol. The Morgan fingerprint density at radius 3 is 2.36 bits per heavy atom. The molecule has 1 aliphatic rings. The van der Waals surface area contributed by atoms with E-state index in [0.717, 1.165) is 5.56 Å². The number of nitrogens with zero attached hydrogens (tertiary/aromatic N) is 2. The van der Waals surface area contributed by atoms with Gasteiger partial charge in [0.2, 0.25) is 10.0 Å². The molecule has 1 aromatic carbocycles. The zero-order valence-electron chi connectivity index (χ0n) is 14.1. The second-order valence-corrected chi connectivity index (χ2v) is 7.37. The van der Waals surface area contributed by atoms with Gasteiger partial charge in [0.25, 0.3) is 5.91 Å². The van der Waals surface area contributed by atoms with E-state index in [1.54, 1.807) is 13.0 Å². The summed E-state index contributed by atoms with van der Waals surface area (Å²) in [6.07, 6.45) is 1.77. The molecule has 1 heterocycles. The molecule has 25 heavy (non-hydrogen) atoms. The highest BCUT2D eigenvalue weighted by molar-refractivity contribution is 7.92. The lowest BCUT2D eigenvalue weighted by Gasteiger charge is -2.33. The summed E-state index contributed by atoms with van der Waals surface area (Å²) in [6, 6.07) is 9.17. The second kappa shape index (κ2) is 8.77. The Hall–Kier alpha value is -2.19. The zero-order valence-corrected chi connectivity index (χ0v) is 14.9. The van der Waals surface area contributed by atoms with Crippen molar-refractivity contribution in [2.45, 2.75) is 13.3 Å². The Morgan fingerprint density at radius 1 is 1.12 bits per heavy atom. The van der Waals surface area contributed by atoms with Crippen LogP contribution in [0.5, 0.6) is 0 Å². The van der Waals surface area contributed by atoms with E-state index in [1.807, 2.05) is 30.3 Å². The minimum atomic E-state index is -3.53. The molecule has 136 valence electrons. The maximum Gasteiger partial charge on any atom is 0.306 e. The van der Waals surface area contributed by atoms with Crippen molar-refractivity contribution in [1.29, 1.82) is 0 Å². The number of amides is 1. The van der Waals surface area contributed by atoms with Gasteiger partial charge >= 0.3 is 5.97 Å². The van der Waals surface area contributed by atoms with Gasteiger partial charge in [-0.25, -0.2) is 8.42 Å². The summed E-state index contributed by atoms with van der Waals surface area (Å²) in [5, 5.41) is 1.18. The number of piperazine rings is 1. The van der Waals surface area contributed by atoms with Gasteiger partial charge in [-0.05, 0) is 11.6 Å². The predicted molar refractivity (Wildman–Crippen MR) is 93.8 cm³/mol. The van der Waals surface area contributed by atoms with E-state index in [2.05, 4.69) is 0 Å². The molecule has 0 atom stereocenters. The number of rotatable bonds is 6. The molecular formula is C17H22N2O5S. The molecule has 0 spiro atoms. The van der Waals surface area contributed by atoms with Gasteiger partial charge in [0.05, 0.1) is 0 Å². The standard InChI is InChI=1S/C17H22N2O5S/c1-2-17(21)24-14-16(20)18-9-11-19(12-10-18)25(22,23)13-8-15-6-4-3-5-7-15/h3-8,13H,2,9-12,14H2,1H3/b13-8+. The highest BCUT2D eigenvalue weighted by Gasteiger charge is 2.27. The summed E-state index contributed by atoms with van der Waals surface area (Å²) >= 11 is 0. The van der Waals surface area contributed by atoms with Crippen LogP contribution in [-0.2, 0) is 24.3 Å². The van der Waals surface area contributed by atoms with Gasteiger partial charge in [0, 0.05) is 38.0 Å². The zero-order chi connectivity index (χ0) is 18.3. The summed E-state index contributed by atoms with van der Waals surface area (Å²) < 4.78 is 30.9. The maximum atomic E-state index is 12.4. The molecule has 1 aromatic rings. The molecule has 1 aliphatic heterocycles. The lowest BCUT2D eigenvalue weighted by molar-refractivity contribution is -0.152. The van der Waals surface area contributed by atoms with Crippen molar-refractivity contribution in [3.8, 4) is 0 Å². The van der Waals surface area contributed by atoms with Crippen LogP contribution in [0.15, 0.2) is 35.7 Å². The fourth-order valence-electron chi connectivity index (χ4n) is 2.34. The SMILES string of the molecule is CCC(=O)OCC(=O)N1CCN(S(=O)(=O)/C=C/c2ccccc2)CC1. The van der Waals surface area contributed by atoms with E-state index in [4.69, 9.17) is 4.74 Å². The minimum absolute atomic E-state index is 0.215. The van der Waals surface area contributed by atoms with Gasteiger partial charge in [0.15, 0.2) is 6.61 Å². The van der Waals surface area contributed by atoms with Crippen molar-refractivity contribution in [3.63, 3.8) is 0 Å². The Labute approximate surface area is 147 Å². The number of carbonyl (C=O) groups is 2. The van der Waals surface area contributed by atoms with Crippen molar-refractivity contribution in [1.82, 2.24) is 9.21 Å². The van der Waals surface area contributed by atoms with Gasteiger partial charge < -0.3 is 9.64 Å². The van der Waals surface area contributed by atoms with Crippen molar-refractivity contribution < 1.29 is 22.7 Å². The van der Waals surface area contributed by atoms with Gasteiger partial charge in [-0.15, -0.1) is 0 Å². The van der Waals surface area contributed by atoms with E-state index in [9.17, 15) is 18.0 Å².